The van der Waals surface area contributed by atoms with Gasteiger partial charge in [-0.05, 0) is 6.07 Å². The molecule has 0 saturated carbocycles. The Morgan fingerprint density at radius 3 is 2.71 bits per heavy atom. The van der Waals surface area contributed by atoms with Gasteiger partial charge in [0.05, 0.1) is 6.20 Å². The van der Waals surface area contributed by atoms with E-state index in [1.54, 1.807) is 6.07 Å². The Kier molecular flexibility index (Phi) is 5.09. The third-order valence-corrected chi connectivity index (χ3v) is 5.34. The van der Waals surface area contributed by atoms with Crippen LogP contribution in [0.3, 0.4) is 0 Å². The Labute approximate surface area is 128 Å². The van der Waals surface area contributed by atoms with E-state index in [0.717, 1.165) is 17.5 Å². The molecule has 0 aliphatic heterocycles. The summed E-state index contributed by atoms with van der Waals surface area (Å²) < 4.78 is 55.1. The van der Waals surface area contributed by atoms with Gasteiger partial charge >= 0.3 is 6.61 Å². The summed E-state index contributed by atoms with van der Waals surface area (Å²) in [5.41, 5.74) is 0.289. The van der Waals surface area contributed by atoms with Crippen molar-refractivity contribution >= 4 is 33.0 Å². The van der Waals surface area contributed by atoms with Crippen molar-refractivity contribution in [2.75, 3.05) is 0 Å². The summed E-state index contributed by atoms with van der Waals surface area (Å²) >= 11 is 6.38. The van der Waals surface area contributed by atoms with Crippen molar-refractivity contribution in [1.29, 1.82) is 0 Å². The van der Waals surface area contributed by atoms with Gasteiger partial charge in [-0.3, -0.25) is 0 Å². The minimum Gasteiger partial charge on any atom is -0.434 e. The summed E-state index contributed by atoms with van der Waals surface area (Å²) in [4.78, 5) is 3.64. The second kappa shape index (κ2) is 6.65. The Bertz CT molecular complexity index is 722. The van der Waals surface area contributed by atoms with E-state index in [0.29, 0.717) is 0 Å². The number of benzene rings is 1. The number of halogens is 3. The van der Waals surface area contributed by atoms with E-state index in [4.69, 9.17) is 11.6 Å². The number of aromatic nitrogens is 1. The van der Waals surface area contributed by atoms with E-state index in [1.165, 1.54) is 18.2 Å². The lowest BCUT2D eigenvalue weighted by atomic mass is 10.2. The highest BCUT2D eigenvalue weighted by atomic mass is 35.5. The molecule has 1 heterocycles. The van der Waals surface area contributed by atoms with Gasteiger partial charge in [-0.1, -0.05) is 41.1 Å². The van der Waals surface area contributed by atoms with Crippen molar-refractivity contribution in [1.82, 2.24) is 9.71 Å². The van der Waals surface area contributed by atoms with Crippen molar-refractivity contribution in [3.05, 3.63) is 40.5 Å². The molecule has 1 N–H and O–H groups in total. The molecule has 0 spiro atoms. The summed E-state index contributed by atoms with van der Waals surface area (Å²) in [5.74, 6) is -0.0856. The molecule has 0 bridgehead atoms. The van der Waals surface area contributed by atoms with E-state index < -0.39 is 16.6 Å². The summed E-state index contributed by atoms with van der Waals surface area (Å²) in [7, 11) is -3.80. The molecule has 0 aliphatic rings. The van der Waals surface area contributed by atoms with Gasteiger partial charge < -0.3 is 4.74 Å². The van der Waals surface area contributed by atoms with Gasteiger partial charge in [0.1, 0.15) is 5.75 Å². The van der Waals surface area contributed by atoms with E-state index in [2.05, 4.69) is 14.4 Å². The average Bonchev–Trinajstić information content (AvgIpc) is 2.85. The van der Waals surface area contributed by atoms with Gasteiger partial charge in [0.25, 0.3) is 10.0 Å². The molecule has 0 saturated heterocycles. The molecule has 114 valence electrons. The van der Waals surface area contributed by atoms with E-state index in [-0.39, 0.29) is 26.5 Å². The fourth-order valence-corrected chi connectivity index (χ4v) is 3.81. The van der Waals surface area contributed by atoms with Crippen LogP contribution >= 0.6 is 22.9 Å². The third kappa shape index (κ3) is 4.34. The lowest BCUT2D eigenvalue weighted by Gasteiger charge is -2.11. The summed E-state index contributed by atoms with van der Waals surface area (Å²) in [6, 6.07) is 5.92. The van der Waals surface area contributed by atoms with Gasteiger partial charge in [0.2, 0.25) is 0 Å². The Morgan fingerprint density at radius 2 is 2.10 bits per heavy atom. The third-order valence-electron chi connectivity index (χ3n) is 2.36. The molecule has 1 aromatic heterocycles. The number of para-hydroxylation sites is 1. The van der Waals surface area contributed by atoms with Crippen molar-refractivity contribution in [3.8, 4) is 5.75 Å². The number of thiazole rings is 1. The fraction of sp³-hybridized carbons (Fsp3) is 0.182. The lowest BCUT2D eigenvalue weighted by Crippen LogP contribution is -2.23. The first kappa shape index (κ1) is 16.1. The zero-order valence-electron chi connectivity index (χ0n) is 10.3. The molecule has 0 amide bonds. The molecule has 0 fully saturated rings. The van der Waals surface area contributed by atoms with Crippen LogP contribution in [0.4, 0.5) is 8.78 Å². The number of alkyl halides is 2. The molecule has 2 aromatic rings. The topological polar surface area (TPSA) is 68.3 Å². The van der Waals surface area contributed by atoms with Gasteiger partial charge in [0, 0.05) is 12.1 Å². The molecule has 0 radical (unpaired) electrons. The van der Waals surface area contributed by atoms with E-state index >= 15 is 0 Å². The molecule has 0 unspecified atom stereocenters. The number of nitrogens with zero attached hydrogens (tertiary/aromatic N) is 1. The maximum absolute atomic E-state index is 12.3. The van der Waals surface area contributed by atoms with Crippen molar-refractivity contribution in [3.63, 3.8) is 0 Å². The molecule has 2 rings (SSSR count). The van der Waals surface area contributed by atoms with Crippen LogP contribution in [0.5, 0.6) is 5.75 Å². The quantitative estimate of drug-likeness (QED) is 0.866. The van der Waals surface area contributed by atoms with Crippen LogP contribution in [0.25, 0.3) is 0 Å². The first-order chi connectivity index (χ1) is 9.88. The highest BCUT2D eigenvalue weighted by Crippen LogP contribution is 2.24. The Morgan fingerprint density at radius 1 is 1.38 bits per heavy atom. The minimum absolute atomic E-state index is 0.0558. The largest absolute Gasteiger partial charge is 0.434 e. The van der Waals surface area contributed by atoms with Crippen LogP contribution in [-0.2, 0) is 16.6 Å². The van der Waals surface area contributed by atoms with Crippen LogP contribution in [0.1, 0.15) is 5.56 Å². The lowest BCUT2D eigenvalue weighted by molar-refractivity contribution is -0.0504. The zero-order valence-corrected chi connectivity index (χ0v) is 12.7. The van der Waals surface area contributed by atoms with Crippen LogP contribution in [-0.4, -0.2) is 20.0 Å². The summed E-state index contributed by atoms with van der Waals surface area (Å²) in [6.45, 7) is -3.18. The number of nitrogens with one attached hydrogen (secondary N) is 1. The van der Waals surface area contributed by atoms with Crippen LogP contribution < -0.4 is 9.46 Å². The molecule has 10 heteroatoms. The molecule has 0 aliphatic carbocycles. The second-order valence-electron chi connectivity index (χ2n) is 3.74. The van der Waals surface area contributed by atoms with Crippen LogP contribution in [0.2, 0.25) is 4.47 Å². The van der Waals surface area contributed by atoms with Gasteiger partial charge in [-0.15, -0.1) is 0 Å². The highest BCUT2D eigenvalue weighted by Gasteiger charge is 2.18. The SMILES string of the molecule is O=S(=O)(NCc1ccccc1OC(F)F)c1cnc(Cl)s1. The second-order valence-corrected chi connectivity index (χ2v) is 7.35. The van der Waals surface area contributed by atoms with Crippen LogP contribution in [0.15, 0.2) is 34.7 Å². The molecule has 1 aromatic carbocycles. The van der Waals surface area contributed by atoms with E-state index in [1.807, 2.05) is 0 Å². The van der Waals surface area contributed by atoms with Crippen molar-refractivity contribution in [2.24, 2.45) is 0 Å². The monoisotopic (exact) mass is 354 g/mol. The predicted octanol–water partition coefficient (Wildman–Crippen LogP) is 2.88. The van der Waals surface area contributed by atoms with Gasteiger partial charge in [-0.25, -0.2) is 18.1 Å². The van der Waals surface area contributed by atoms with Crippen LogP contribution in [0, 0.1) is 0 Å². The first-order valence-electron chi connectivity index (χ1n) is 5.52. The maximum Gasteiger partial charge on any atom is 0.387 e. The average molecular weight is 355 g/mol. The molecular formula is C11H9ClF2N2O3S2. The number of rotatable bonds is 6. The van der Waals surface area contributed by atoms with Gasteiger partial charge in [0.15, 0.2) is 8.68 Å². The summed E-state index contributed by atoms with van der Waals surface area (Å²) in [5, 5.41) is 0. The normalized spacial score (nSPS) is 11.8. The molecule has 5 nitrogen and oxygen atoms in total. The summed E-state index contributed by atoms with van der Waals surface area (Å²) in [6.07, 6.45) is 1.12. The number of ether oxygens (including phenoxy) is 1. The smallest absolute Gasteiger partial charge is 0.387 e. The van der Waals surface area contributed by atoms with E-state index in [9.17, 15) is 17.2 Å². The van der Waals surface area contributed by atoms with Crippen molar-refractivity contribution < 1.29 is 21.9 Å². The highest BCUT2D eigenvalue weighted by molar-refractivity contribution is 7.91. The maximum atomic E-state index is 12.3. The fourth-order valence-electron chi connectivity index (χ4n) is 1.47. The predicted molar refractivity (Wildman–Crippen MR) is 74.2 cm³/mol. The number of hydrogen-bond donors (Lipinski definition) is 1. The Hall–Kier alpha value is -1.29. The number of hydrogen-bond acceptors (Lipinski definition) is 5. The molecular weight excluding hydrogens is 346 g/mol. The molecule has 21 heavy (non-hydrogen) atoms. The number of sulfonamides is 1. The Balaban J connectivity index is 2.13. The molecule has 0 atom stereocenters. The zero-order chi connectivity index (χ0) is 15.5. The first-order valence-corrected chi connectivity index (χ1v) is 8.20. The van der Waals surface area contributed by atoms with Gasteiger partial charge in [-0.2, -0.15) is 8.78 Å². The standard InChI is InChI=1S/C11H9ClF2N2O3S2/c12-10-15-6-9(20-10)21(17,18)16-5-7-3-1-2-4-8(7)19-11(13)14/h1-4,6,11,16H,5H2. The van der Waals surface area contributed by atoms with Crippen molar-refractivity contribution in [2.45, 2.75) is 17.4 Å². The minimum atomic E-state index is -3.80.